The van der Waals surface area contributed by atoms with Crippen LogP contribution in [0, 0.1) is 5.92 Å². The van der Waals surface area contributed by atoms with Gasteiger partial charge in [0.2, 0.25) is 5.83 Å². The molecule has 6 heteroatoms. The number of hydrogen-bond acceptors (Lipinski definition) is 3. The molecule has 0 aromatic rings. The van der Waals surface area contributed by atoms with Gasteiger partial charge in [-0.2, -0.15) is 4.39 Å². The second-order valence-electron chi connectivity index (χ2n) is 6.89. The summed E-state index contributed by atoms with van der Waals surface area (Å²) in [6.07, 6.45) is 4.26. The quantitative estimate of drug-likeness (QED) is 0.126. The van der Waals surface area contributed by atoms with Crippen LogP contribution in [-0.2, 0) is 9.47 Å². The van der Waals surface area contributed by atoms with Gasteiger partial charge in [-0.05, 0) is 29.7 Å². The zero-order valence-electron chi connectivity index (χ0n) is 18.7. The Morgan fingerprint density at radius 3 is 1.94 bits per heavy atom. The second-order valence-corrected chi connectivity index (χ2v) is 6.89. The molecule has 0 aromatic carbocycles. The molecule has 0 radical (unpaired) electrons. The predicted molar refractivity (Wildman–Crippen MR) is 125 cm³/mol. The largest absolute Gasteiger partial charge is 0.487 e. The highest BCUT2D eigenvalue weighted by Gasteiger charge is 2.16. The molecule has 3 nitrogen and oxygen atoms in total. The average molecular weight is 449 g/mol. The van der Waals surface area contributed by atoms with E-state index < -0.39 is 29.5 Å². The smallest absolute Gasteiger partial charge is 0.200 e. The minimum atomic E-state index is -1.31. The Balaban J connectivity index is 5.17. The molecule has 0 aliphatic rings. The first-order valence-electron chi connectivity index (χ1n) is 9.62. The Morgan fingerprint density at radius 1 is 0.906 bits per heavy atom. The maximum absolute atomic E-state index is 14.5. The van der Waals surface area contributed by atoms with Gasteiger partial charge >= 0.3 is 0 Å². The topological polar surface area (TPSA) is 38.7 Å². The van der Waals surface area contributed by atoms with Gasteiger partial charge < -0.3 is 14.6 Å². The second kappa shape index (κ2) is 14.1. The molecule has 0 rings (SSSR count). The summed E-state index contributed by atoms with van der Waals surface area (Å²) in [6, 6.07) is 0. The van der Waals surface area contributed by atoms with E-state index in [-0.39, 0.29) is 41.4 Å². The third-order valence-electron chi connectivity index (χ3n) is 4.16. The van der Waals surface area contributed by atoms with Crippen molar-refractivity contribution in [2.24, 2.45) is 5.92 Å². The Labute approximate surface area is 188 Å². The molecule has 0 aliphatic carbocycles. The molecule has 0 saturated carbocycles. The van der Waals surface area contributed by atoms with E-state index in [4.69, 9.17) is 14.6 Å². The zero-order chi connectivity index (χ0) is 25.0. The molecule has 1 N–H and O–H groups in total. The van der Waals surface area contributed by atoms with Crippen LogP contribution < -0.4 is 0 Å². The fraction of sp³-hybridized carbons (Fsp3) is 0.231. The number of aliphatic hydroxyl groups excluding tert-OH is 1. The lowest BCUT2D eigenvalue weighted by atomic mass is 9.99. The number of halogens is 3. The van der Waals surface area contributed by atoms with Crippen molar-refractivity contribution in [2.45, 2.75) is 20.1 Å². The Hall–Kier alpha value is -3.09. The van der Waals surface area contributed by atoms with Crippen molar-refractivity contribution in [3.63, 3.8) is 0 Å². The molecule has 0 heterocycles. The van der Waals surface area contributed by atoms with E-state index in [0.29, 0.717) is 5.57 Å². The van der Waals surface area contributed by atoms with Gasteiger partial charge in [-0.1, -0.05) is 71.2 Å². The summed E-state index contributed by atoms with van der Waals surface area (Å²) in [5.41, 5.74) is 0.271. The number of allylic oxidation sites excluding steroid dienone is 10. The van der Waals surface area contributed by atoms with Gasteiger partial charge in [-0.3, -0.25) is 0 Å². The summed E-state index contributed by atoms with van der Waals surface area (Å²) in [7, 11) is 0. The summed E-state index contributed by atoms with van der Waals surface area (Å²) >= 11 is 0. The highest BCUT2D eigenvalue weighted by atomic mass is 19.2. The molecule has 0 amide bonds. The lowest BCUT2D eigenvalue weighted by Gasteiger charge is -2.14. The zero-order valence-corrected chi connectivity index (χ0v) is 18.7. The Morgan fingerprint density at radius 2 is 1.44 bits per heavy atom. The Bertz CT molecular complexity index is 886. The van der Waals surface area contributed by atoms with Crippen molar-refractivity contribution in [3.8, 4) is 0 Å². The van der Waals surface area contributed by atoms with Gasteiger partial charge in [0.25, 0.3) is 0 Å². The fourth-order valence-electron chi connectivity index (χ4n) is 1.96. The molecular weight excluding hydrogens is 417 g/mol. The molecule has 32 heavy (non-hydrogen) atoms. The standard InChI is InChI=1S/C26H31F3O3/c1-10-13-31-22(8)26(29)25(28)21(7)17(3)12-11-16(2)20(6)24(27)14-18(4)19(5)15-32-23(9)30/h10-12,14,19,23,30H,1-4,6-8,13,15H2,5,9H3/b12-11-,24-14+,26-25-. The third kappa shape index (κ3) is 9.81. The van der Waals surface area contributed by atoms with E-state index in [9.17, 15) is 13.2 Å². The SMILES string of the molecule is C=CCOC(=C)/C(F)=C(/F)C(=C)C(=C)/C=C\C(=C)C(=C)/C(F)=C\C(=C)C(C)COC(C)O. The minimum Gasteiger partial charge on any atom is -0.487 e. The van der Waals surface area contributed by atoms with Crippen molar-refractivity contribution >= 4 is 0 Å². The summed E-state index contributed by atoms with van der Waals surface area (Å²) in [6.45, 7) is 28.3. The van der Waals surface area contributed by atoms with Gasteiger partial charge in [-0.25, -0.2) is 8.78 Å². The fourth-order valence-corrected chi connectivity index (χ4v) is 1.96. The van der Waals surface area contributed by atoms with Crippen LogP contribution >= 0.6 is 0 Å². The molecular formula is C26H31F3O3. The summed E-state index contributed by atoms with van der Waals surface area (Å²) in [4.78, 5) is 0. The molecule has 0 spiro atoms. The van der Waals surface area contributed by atoms with Crippen LogP contribution in [-0.4, -0.2) is 24.6 Å². The van der Waals surface area contributed by atoms with Crippen LogP contribution in [0.5, 0.6) is 0 Å². The molecule has 0 aromatic heterocycles. The van der Waals surface area contributed by atoms with Gasteiger partial charge in [0.1, 0.15) is 12.4 Å². The molecule has 2 atom stereocenters. The lowest BCUT2D eigenvalue weighted by molar-refractivity contribution is -0.0915. The number of ether oxygens (including phenoxy) is 2. The van der Waals surface area contributed by atoms with E-state index in [1.807, 2.05) is 0 Å². The summed E-state index contributed by atoms with van der Waals surface area (Å²) in [5.74, 6) is -4.01. The number of aliphatic hydroxyl groups is 1. The highest BCUT2D eigenvalue weighted by Crippen LogP contribution is 2.28. The Kier molecular flexibility index (Phi) is 12.7. The van der Waals surface area contributed by atoms with Crippen molar-refractivity contribution in [2.75, 3.05) is 13.2 Å². The van der Waals surface area contributed by atoms with Crippen LogP contribution in [0.3, 0.4) is 0 Å². The van der Waals surface area contributed by atoms with E-state index in [1.165, 1.54) is 31.2 Å². The van der Waals surface area contributed by atoms with E-state index in [1.54, 1.807) is 6.92 Å². The highest BCUT2D eigenvalue weighted by molar-refractivity contribution is 5.53. The maximum Gasteiger partial charge on any atom is 0.200 e. The average Bonchev–Trinajstić information content (AvgIpc) is 2.76. The van der Waals surface area contributed by atoms with E-state index in [0.717, 1.165) is 0 Å². The van der Waals surface area contributed by atoms with Crippen molar-refractivity contribution in [3.05, 3.63) is 121 Å². The van der Waals surface area contributed by atoms with Crippen LogP contribution in [0.1, 0.15) is 13.8 Å². The van der Waals surface area contributed by atoms with Crippen molar-refractivity contribution in [1.29, 1.82) is 0 Å². The predicted octanol–water partition coefficient (Wildman–Crippen LogP) is 7.03. The lowest BCUT2D eigenvalue weighted by Crippen LogP contribution is -2.14. The molecule has 0 fully saturated rings. The first-order chi connectivity index (χ1) is 14.8. The van der Waals surface area contributed by atoms with Crippen LogP contribution in [0.4, 0.5) is 13.2 Å². The summed E-state index contributed by atoms with van der Waals surface area (Å²) in [5, 5.41) is 9.15. The van der Waals surface area contributed by atoms with Gasteiger partial charge in [-0.15, -0.1) is 0 Å². The molecule has 0 aliphatic heterocycles. The number of hydrogen-bond donors (Lipinski definition) is 1. The van der Waals surface area contributed by atoms with Crippen LogP contribution in [0.2, 0.25) is 0 Å². The molecule has 0 saturated heterocycles. The first kappa shape index (κ1) is 28.9. The van der Waals surface area contributed by atoms with Gasteiger partial charge in [0.15, 0.2) is 17.9 Å². The first-order valence-corrected chi connectivity index (χ1v) is 9.62. The molecule has 0 bridgehead atoms. The normalized spacial score (nSPS) is 14.2. The van der Waals surface area contributed by atoms with Crippen LogP contribution in [0.15, 0.2) is 121 Å². The van der Waals surface area contributed by atoms with Crippen molar-refractivity contribution in [1.82, 2.24) is 0 Å². The van der Waals surface area contributed by atoms with Crippen LogP contribution in [0.25, 0.3) is 0 Å². The third-order valence-corrected chi connectivity index (χ3v) is 4.16. The maximum atomic E-state index is 14.5. The summed E-state index contributed by atoms with van der Waals surface area (Å²) < 4.78 is 52.7. The molecule has 174 valence electrons. The van der Waals surface area contributed by atoms with E-state index >= 15 is 0 Å². The van der Waals surface area contributed by atoms with Gasteiger partial charge in [0, 0.05) is 17.1 Å². The minimum absolute atomic E-state index is 0.0285. The molecule has 2 unspecified atom stereocenters. The number of rotatable bonds is 15. The van der Waals surface area contributed by atoms with E-state index in [2.05, 4.69) is 46.1 Å². The van der Waals surface area contributed by atoms with Crippen molar-refractivity contribution < 1.29 is 27.8 Å². The monoisotopic (exact) mass is 448 g/mol. The van der Waals surface area contributed by atoms with Gasteiger partial charge in [0.05, 0.1) is 6.61 Å².